The normalized spacial score (nSPS) is 11.5. The second-order valence-electron chi connectivity index (χ2n) is 6.55. The number of carbonyl (C=O) groups is 2. The maximum Gasteiger partial charge on any atom is 0.418 e. The number of carbonyl (C=O) groups excluding carboxylic acids is 2. The number of nitrogens with one attached hydrogen (secondary N) is 2. The van der Waals surface area contributed by atoms with Gasteiger partial charge in [0.25, 0.3) is 0 Å². The third-order valence-corrected chi connectivity index (χ3v) is 4.69. The summed E-state index contributed by atoms with van der Waals surface area (Å²) in [6.07, 6.45) is -4.67. The first kappa shape index (κ1) is 24.0. The first-order chi connectivity index (χ1) is 14.0. The summed E-state index contributed by atoms with van der Waals surface area (Å²) in [4.78, 5) is 26.1. The maximum absolute atomic E-state index is 13.2. The molecule has 2 rings (SSSR count). The summed E-state index contributed by atoms with van der Waals surface area (Å²) in [5.41, 5.74) is -0.0764. The molecule has 2 N–H and O–H groups in total. The smallest absolute Gasteiger partial charge is 0.325 e. The molecule has 0 atom stereocenters. The van der Waals surface area contributed by atoms with Crippen molar-refractivity contribution < 1.29 is 22.8 Å². The van der Waals surface area contributed by atoms with Crippen LogP contribution < -0.4 is 10.6 Å². The molecule has 2 aromatic carbocycles. The number of likely N-dealkylation sites (N-methyl/N-ethyl adjacent to an activating group) is 1. The Morgan fingerprint density at radius 1 is 0.933 bits per heavy atom. The van der Waals surface area contributed by atoms with Gasteiger partial charge in [0.15, 0.2) is 0 Å². The van der Waals surface area contributed by atoms with Crippen molar-refractivity contribution in [1.29, 1.82) is 0 Å². The van der Waals surface area contributed by atoms with E-state index in [1.807, 2.05) is 0 Å². The summed E-state index contributed by atoms with van der Waals surface area (Å²) >= 11 is 11.6. The summed E-state index contributed by atoms with van der Waals surface area (Å²) in [5.74, 6) is -1.06. The summed E-state index contributed by atoms with van der Waals surface area (Å²) in [6, 6.07) is 8.15. The van der Waals surface area contributed by atoms with Crippen LogP contribution in [0.1, 0.15) is 18.1 Å². The van der Waals surface area contributed by atoms with Crippen molar-refractivity contribution in [2.24, 2.45) is 0 Å². The molecule has 0 bridgehead atoms. The third-order valence-electron chi connectivity index (χ3n) is 4.22. The Hall–Kier alpha value is -2.29. The van der Waals surface area contributed by atoms with Gasteiger partial charge in [0.2, 0.25) is 11.8 Å². The van der Waals surface area contributed by atoms with E-state index in [1.165, 1.54) is 11.0 Å². The van der Waals surface area contributed by atoms with Gasteiger partial charge in [-0.25, -0.2) is 0 Å². The van der Waals surface area contributed by atoms with Gasteiger partial charge in [0.05, 0.1) is 24.3 Å². The lowest BCUT2D eigenvalue weighted by Gasteiger charge is -2.20. The van der Waals surface area contributed by atoms with E-state index in [1.54, 1.807) is 32.0 Å². The molecule has 0 aliphatic carbocycles. The number of anilines is 2. The molecule has 0 saturated carbocycles. The van der Waals surface area contributed by atoms with Crippen molar-refractivity contribution >= 4 is 46.4 Å². The zero-order valence-electron chi connectivity index (χ0n) is 16.2. The molecule has 0 spiro atoms. The zero-order chi connectivity index (χ0) is 22.5. The van der Waals surface area contributed by atoms with Gasteiger partial charge < -0.3 is 10.6 Å². The van der Waals surface area contributed by atoms with Crippen LogP contribution in [0.3, 0.4) is 0 Å². The number of halogens is 5. The average molecular weight is 462 g/mol. The van der Waals surface area contributed by atoms with Crippen LogP contribution in [0, 0.1) is 6.92 Å². The van der Waals surface area contributed by atoms with Crippen LogP contribution >= 0.6 is 23.2 Å². The number of hydrogen-bond donors (Lipinski definition) is 2. The van der Waals surface area contributed by atoms with Crippen LogP contribution in [-0.2, 0) is 15.8 Å². The predicted octanol–water partition coefficient (Wildman–Crippen LogP) is 5.22. The maximum atomic E-state index is 13.2. The molecule has 0 aliphatic heterocycles. The van der Waals surface area contributed by atoms with Gasteiger partial charge in [-0.15, -0.1) is 0 Å². The summed E-state index contributed by atoms with van der Waals surface area (Å²) in [6.45, 7) is 3.49. The van der Waals surface area contributed by atoms with E-state index in [4.69, 9.17) is 23.2 Å². The summed E-state index contributed by atoms with van der Waals surface area (Å²) < 4.78 is 39.5. The minimum absolute atomic E-state index is 0.0940. The third kappa shape index (κ3) is 6.90. The van der Waals surface area contributed by atoms with Crippen LogP contribution in [0.15, 0.2) is 36.4 Å². The van der Waals surface area contributed by atoms with Gasteiger partial charge in [-0.2, -0.15) is 13.2 Å². The van der Waals surface area contributed by atoms with Crippen LogP contribution in [0.25, 0.3) is 0 Å². The highest BCUT2D eigenvalue weighted by molar-refractivity contribution is 6.31. The molecule has 162 valence electrons. The Morgan fingerprint density at radius 2 is 1.47 bits per heavy atom. The van der Waals surface area contributed by atoms with Gasteiger partial charge in [0, 0.05) is 15.7 Å². The van der Waals surface area contributed by atoms with Crippen LogP contribution in [-0.4, -0.2) is 36.3 Å². The zero-order valence-corrected chi connectivity index (χ0v) is 17.8. The second-order valence-corrected chi connectivity index (χ2v) is 7.42. The van der Waals surface area contributed by atoms with Crippen molar-refractivity contribution in [3.63, 3.8) is 0 Å². The highest BCUT2D eigenvalue weighted by Gasteiger charge is 2.34. The SMILES string of the molecule is CCN(CC(=O)Nc1cc(Cl)ccc1C)CC(=O)Nc1ccc(Cl)cc1C(F)(F)F. The molecule has 0 aromatic heterocycles. The molecule has 0 unspecified atom stereocenters. The van der Waals surface area contributed by atoms with E-state index in [9.17, 15) is 22.8 Å². The molecule has 30 heavy (non-hydrogen) atoms. The van der Waals surface area contributed by atoms with E-state index in [-0.39, 0.29) is 24.0 Å². The molecule has 5 nitrogen and oxygen atoms in total. The molecule has 0 radical (unpaired) electrons. The Morgan fingerprint density at radius 3 is 2.03 bits per heavy atom. The minimum atomic E-state index is -4.67. The fraction of sp³-hybridized carbons (Fsp3) is 0.300. The highest BCUT2D eigenvalue weighted by atomic mass is 35.5. The molecular weight excluding hydrogens is 442 g/mol. The number of rotatable bonds is 7. The van der Waals surface area contributed by atoms with Crippen molar-refractivity contribution in [1.82, 2.24) is 4.90 Å². The largest absolute Gasteiger partial charge is 0.418 e. The minimum Gasteiger partial charge on any atom is -0.325 e. The lowest BCUT2D eigenvalue weighted by Crippen LogP contribution is -2.39. The Kier molecular flexibility index (Phi) is 8.11. The van der Waals surface area contributed by atoms with Gasteiger partial charge in [0.1, 0.15) is 0 Å². The standard InChI is InChI=1S/C20H20Cl2F3N3O2/c1-3-28(11-19(30)27-17-9-14(22)5-4-12(17)2)10-18(29)26-16-7-6-13(21)8-15(16)20(23,24)25/h4-9H,3,10-11H2,1-2H3,(H,26,29)(H,27,30). The predicted molar refractivity (Wildman–Crippen MR) is 112 cm³/mol. The van der Waals surface area contributed by atoms with Gasteiger partial charge in [-0.3, -0.25) is 14.5 Å². The van der Waals surface area contributed by atoms with Crippen LogP contribution in [0.4, 0.5) is 24.5 Å². The molecular formula is C20H20Cl2F3N3O2. The fourth-order valence-electron chi connectivity index (χ4n) is 2.65. The average Bonchev–Trinajstić information content (AvgIpc) is 2.64. The Labute approximate surface area is 182 Å². The number of aryl methyl sites for hydroxylation is 1. The van der Waals surface area contributed by atoms with E-state index >= 15 is 0 Å². The van der Waals surface area contributed by atoms with Gasteiger partial charge in [-0.05, 0) is 49.4 Å². The van der Waals surface area contributed by atoms with E-state index in [0.29, 0.717) is 17.3 Å². The van der Waals surface area contributed by atoms with Crippen molar-refractivity contribution in [2.45, 2.75) is 20.0 Å². The monoisotopic (exact) mass is 461 g/mol. The summed E-state index contributed by atoms with van der Waals surface area (Å²) in [5, 5.41) is 5.32. The first-order valence-corrected chi connectivity index (χ1v) is 9.70. The molecule has 10 heteroatoms. The fourth-order valence-corrected chi connectivity index (χ4v) is 3.00. The van der Waals surface area contributed by atoms with E-state index in [2.05, 4.69) is 10.6 Å². The Balaban J connectivity index is 2.01. The molecule has 0 aliphatic rings. The van der Waals surface area contributed by atoms with Crippen LogP contribution in [0.5, 0.6) is 0 Å². The number of amides is 2. The molecule has 0 saturated heterocycles. The lowest BCUT2D eigenvalue weighted by atomic mass is 10.1. The molecule has 0 heterocycles. The second kappa shape index (κ2) is 10.1. The van der Waals surface area contributed by atoms with E-state index < -0.39 is 23.3 Å². The number of benzene rings is 2. The quantitative estimate of drug-likeness (QED) is 0.593. The number of alkyl halides is 3. The van der Waals surface area contributed by atoms with Crippen molar-refractivity contribution in [2.75, 3.05) is 30.3 Å². The first-order valence-electron chi connectivity index (χ1n) is 8.94. The van der Waals surface area contributed by atoms with Gasteiger partial charge in [-0.1, -0.05) is 36.2 Å². The lowest BCUT2D eigenvalue weighted by molar-refractivity contribution is -0.137. The molecule has 2 aromatic rings. The highest BCUT2D eigenvalue weighted by Crippen LogP contribution is 2.36. The Bertz CT molecular complexity index is 936. The number of nitrogens with zero attached hydrogens (tertiary/aromatic N) is 1. The van der Waals surface area contributed by atoms with Crippen molar-refractivity contribution in [3.05, 3.63) is 57.6 Å². The number of hydrogen-bond acceptors (Lipinski definition) is 3. The molecule has 0 fully saturated rings. The van der Waals surface area contributed by atoms with E-state index in [0.717, 1.165) is 17.7 Å². The van der Waals surface area contributed by atoms with Gasteiger partial charge >= 0.3 is 6.18 Å². The van der Waals surface area contributed by atoms with Crippen LogP contribution in [0.2, 0.25) is 10.0 Å². The molecule has 2 amide bonds. The topological polar surface area (TPSA) is 61.4 Å². The van der Waals surface area contributed by atoms with Crippen molar-refractivity contribution in [3.8, 4) is 0 Å². The summed E-state index contributed by atoms with van der Waals surface area (Å²) in [7, 11) is 0.